The molecule has 1 fully saturated rings. The van der Waals surface area contributed by atoms with Gasteiger partial charge in [0.25, 0.3) is 0 Å². The van der Waals surface area contributed by atoms with Crippen LogP contribution in [0.2, 0.25) is 5.02 Å². The zero-order valence-corrected chi connectivity index (χ0v) is 17.7. The first-order chi connectivity index (χ1) is 13.9. The highest BCUT2D eigenvalue weighted by atomic mass is 35.5. The summed E-state index contributed by atoms with van der Waals surface area (Å²) in [6, 6.07) is 13.8. The van der Waals surface area contributed by atoms with Crippen LogP contribution >= 0.6 is 11.6 Å². The normalized spacial score (nSPS) is 15.8. The molecule has 1 aliphatic heterocycles. The second-order valence-electron chi connectivity index (χ2n) is 6.73. The van der Waals surface area contributed by atoms with Crippen molar-refractivity contribution in [3.05, 3.63) is 59.1 Å². The minimum atomic E-state index is -3.58. The van der Waals surface area contributed by atoms with E-state index in [1.807, 2.05) is 29.2 Å². The average molecular weight is 438 g/mol. The molecule has 1 aliphatic rings. The molecule has 1 heterocycles. The number of hydrogen-bond acceptors (Lipinski definition) is 5. The Hall–Kier alpha value is -2.13. The van der Waals surface area contributed by atoms with Gasteiger partial charge in [0.15, 0.2) is 0 Å². The third-order valence-corrected chi connectivity index (χ3v) is 6.93. The van der Waals surface area contributed by atoms with Crippen LogP contribution in [0.25, 0.3) is 0 Å². The molecular formula is C20H24ClN3O4S. The van der Waals surface area contributed by atoms with Gasteiger partial charge < -0.3 is 10.1 Å². The highest BCUT2D eigenvalue weighted by Crippen LogP contribution is 2.21. The van der Waals surface area contributed by atoms with Crippen LogP contribution in [0.5, 0.6) is 5.75 Å². The van der Waals surface area contributed by atoms with Gasteiger partial charge in [-0.3, -0.25) is 9.69 Å². The summed E-state index contributed by atoms with van der Waals surface area (Å²) >= 11 is 5.92. The van der Waals surface area contributed by atoms with Crippen LogP contribution in [0.15, 0.2) is 53.4 Å². The van der Waals surface area contributed by atoms with Crippen molar-refractivity contribution >= 4 is 27.5 Å². The van der Waals surface area contributed by atoms with Crippen molar-refractivity contribution in [2.24, 2.45) is 0 Å². The molecule has 7 nitrogen and oxygen atoms in total. The predicted octanol–water partition coefficient (Wildman–Crippen LogP) is 1.97. The topological polar surface area (TPSA) is 79.0 Å². The van der Waals surface area contributed by atoms with Crippen molar-refractivity contribution in [3.8, 4) is 5.75 Å². The van der Waals surface area contributed by atoms with Gasteiger partial charge in [0.2, 0.25) is 15.9 Å². The first kappa shape index (κ1) is 21.6. The van der Waals surface area contributed by atoms with Gasteiger partial charge in [-0.25, -0.2) is 8.42 Å². The Balaban J connectivity index is 1.50. The van der Waals surface area contributed by atoms with Gasteiger partial charge >= 0.3 is 0 Å². The maximum Gasteiger partial charge on any atom is 0.243 e. The number of ether oxygens (including phenoxy) is 1. The average Bonchev–Trinajstić information content (AvgIpc) is 2.73. The zero-order valence-electron chi connectivity index (χ0n) is 16.2. The van der Waals surface area contributed by atoms with Crippen molar-refractivity contribution in [3.63, 3.8) is 0 Å². The number of halogens is 1. The molecule has 1 saturated heterocycles. The molecule has 9 heteroatoms. The standard InChI is InChI=1S/C20H24ClN3O4S/c1-28-19-8-3-2-5-16(19)14-22-20(25)15-23-9-11-24(12-10-23)29(26,27)18-7-4-6-17(21)13-18/h2-8,13H,9-12,14-15H2,1H3,(H,22,25). The Morgan fingerprint density at radius 1 is 1.10 bits per heavy atom. The summed E-state index contributed by atoms with van der Waals surface area (Å²) in [7, 11) is -1.99. The number of nitrogens with one attached hydrogen (secondary N) is 1. The molecule has 0 unspecified atom stereocenters. The van der Waals surface area contributed by atoms with Gasteiger partial charge in [0.05, 0.1) is 18.6 Å². The number of carbonyl (C=O) groups is 1. The minimum absolute atomic E-state index is 0.109. The second kappa shape index (κ2) is 9.58. The quantitative estimate of drug-likeness (QED) is 0.716. The number of benzene rings is 2. The highest BCUT2D eigenvalue weighted by molar-refractivity contribution is 7.89. The van der Waals surface area contributed by atoms with Crippen molar-refractivity contribution in [2.75, 3.05) is 39.8 Å². The largest absolute Gasteiger partial charge is 0.496 e. The number of nitrogens with zero attached hydrogens (tertiary/aromatic N) is 2. The van der Waals surface area contributed by atoms with E-state index in [1.165, 1.54) is 10.4 Å². The van der Waals surface area contributed by atoms with E-state index in [9.17, 15) is 13.2 Å². The zero-order chi connectivity index (χ0) is 20.9. The summed E-state index contributed by atoms with van der Waals surface area (Å²) in [6.45, 7) is 2.24. The van der Waals surface area contributed by atoms with E-state index in [-0.39, 0.29) is 17.3 Å². The lowest BCUT2D eigenvalue weighted by Crippen LogP contribution is -2.50. The van der Waals surface area contributed by atoms with Crippen molar-refractivity contribution in [2.45, 2.75) is 11.4 Å². The van der Waals surface area contributed by atoms with Crippen LogP contribution < -0.4 is 10.1 Å². The number of hydrogen-bond donors (Lipinski definition) is 1. The van der Waals surface area contributed by atoms with Crippen LogP contribution in [0.4, 0.5) is 0 Å². The number of sulfonamides is 1. The number of para-hydroxylation sites is 1. The van der Waals surface area contributed by atoms with Gasteiger partial charge in [0, 0.05) is 43.3 Å². The van der Waals surface area contributed by atoms with E-state index in [4.69, 9.17) is 16.3 Å². The lowest BCUT2D eigenvalue weighted by molar-refractivity contribution is -0.122. The van der Waals surface area contributed by atoms with E-state index in [2.05, 4.69) is 5.32 Å². The van der Waals surface area contributed by atoms with E-state index in [1.54, 1.807) is 25.3 Å². The van der Waals surface area contributed by atoms with E-state index >= 15 is 0 Å². The molecular weight excluding hydrogens is 414 g/mol. The third-order valence-electron chi connectivity index (χ3n) is 4.80. The van der Waals surface area contributed by atoms with Crippen LogP contribution in [-0.2, 0) is 21.4 Å². The monoisotopic (exact) mass is 437 g/mol. The van der Waals surface area contributed by atoms with E-state index < -0.39 is 10.0 Å². The molecule has 29 heavy (non-hydrogen) atoms. The highest BCUT2D eigenvalue weighted by Gasteiger charge is 2.29. The molecule has 1 N–H and O–H groups in total. The maximum absolute atomic E-state index is 12.7. The number of methoxy groups -OCH3 is 1. The summed E-state index contributed by atoms with van der Waals surface area (Å²) < 4.78 is 32.2. The first-order valence-electron chi connectivity index (χ1n) is 9.27. The van der Waals surface area contributed by atoms with Crippen LogP contribution in [-0.4, -0.2) is 63.4 Å². The van der Waals surface area contributed by atoms with Crippen LogP contribution in [0, 0.1) is 0 Å². The molecule has 0 aromatic heterocycles. The fourth-order valence-corrected chi connectivity index (χ4v) is 4.93. The number of amides is 1. The van der Waals surface area contributed by atoms with Crippen molar-refractivity contribution in [1.29, 1.82) is 0 Å². The summed E-state index contributed by atoms with van der Waals surface area (Å²) in [6.07, 6.45) is 0. The second-order valence-corrected chi connectivity index (χ2v) is 9.10. The molecule has 156 valence electrons. The Labute approximate surface area is 176 Å². The molecule has 0 aliphatic carbocycles. The van der Waals surface area contributed by atoms with Gasteiger partial charge in [-0.2, -0.15) is 4.31 Å². The molecule has 3 rings (SSSR count). The molecule has 2 aromatic carbocycles. The third kappa shape index (κ3) is 5.48. The molecule has 0 spiro atoms. The summed E-state index contributed by atoms with van der Waals surface area (Å²) in [5, 5.41) is 3.27. The molecule has 2 aromatic rings. The lowest BCUT2D eigenvalue weighted by Gasteiger charge is -2.33. The van der Waals surface area contributed by atoms with Gasteiger partial charge in [0.1, 0.15) is 5.75 Å². The molecule has 0 radical (unpaired) electrons. The van der Waals surface area contributed by atoms with Gasteiger partial charge in [-0.1, -0.05) is 35.9 Å². The predicted molar refractivity (Wildman–Crippen MR) is 111 cm³/mol. The molecule has 0 bridgehead atoms. The van der Waals surface area contributed by atoms with Crippen LogP contribution in [0.3, 0.4) is 0 Å². The van der Waals surface area contributed by atoms with Gasteiger partial charge in [-0.15, -0.1) is 0 Å². The summed E-state index contributed by atoms with van der Waals surface area (Å²) in [5.74, 6) is 0.620. The fourth-order valence-electron chi connectivity index (χ4n) is 3.21. The Bertz CT molecular complexity index is 960. The summed E-state index contributed by atoms with van der Waals surface area (Å²) in [5.41, 5.74) is 0.904. The van der Waals surface area contributed by atoms with E-state index in [0.29, 0.717) is 37.7 Å². The first-order valence-corrected chi connectivity index (χ1v) is 11.1. The Kier molecular flexibility index (Phi) is 7.13. The van der Waals surface area contributed by atoms with Crippen molar-refractivity contribution in [1.82, 2.24) is 14.5 Å². The summed E-state index contributed by atoms with van der Waals surface area (Å²) in [4.78, 5) is 14.4. The van der Waals surface area contributed by atoms with Crippen LogP contribution in [0.1, 0.15) is 5.56 Å². The Morgan fingerprint density at radius 2 is 1.83 bits per heavy atom. The fraction of sp³-hybridized carbons (Fsp3) is 0.350. The maximum atomic E-state index is 12.7. The molecule has 1 amide bonds. The smallest absolute Gasteiger partial charge is 0.243 e. The lowest BCUT2D eigenvalue weighted by atomic mass is 10.2. The molecule has 0 atom stereocenters. The minimum Gasteiger partial charge on any atom is -0.496 e. The number of carbonyl (C=O) groups excluding carboxylic acids is 1. The number of rotatable bonds is 7. The SMILES string of the molecule is COc1ccccc1CNC(=O)CN1CCN(S(=O)(=O)c2cccc(Cl)c2)CC1. The van der Waals surface area contributed by atoms with E-state index in [0.717, 1.165) is 11.3 Å². The Morgan fingerprint density at radius 3 is 2.52 bits per heavy atom. The molecule has 0 saturated carbocycles. The van der Waals surface area contributed by atoms with Crippen molar-refractivity contribution < 1.29 is 17.9 Å². The number of piperazine rings is 1. The van der Waals surface area contributed by atoms with Gasteiger partial charge in [-0.05, 0) is 24.3 Å².